The molecule has 0 radical (unpaired) electrons. The number of nitrogens with one attached hydrogen (secondary N) is 1. The molecule has 18 heavy (non-hydrogen) atoms. The van der Waals surface area contributed by atoms with Gasteiger partial charge in [-0.05, 0) is 50.6 Å². The molecule has 3 nitrogen and oxygen atoms in total. The van der Waals surface area contributed by atoms with Crippen LogP contribution >= 0.6 is 0 Å². The van der Waals surface area contributed by atoms with E-state index in [4.69, 9.17) is 4.74 Å². The number of benzene rings is 1. The Labute approximate surface area is 110 Å². The van der Waals surface area contributed by atoms with Gasteiger partial charge in [-0.1, -0.05) is 6.92 Å². The summed E-state index contributed by atoms with van der Waals surface area (Å²) >= 11 is 0. The van der Waals surface area contributed by atoms with Crippen molar-refractivity contribution in [2.75, 3.05) is 31.1 Å². The lowest BCUT2D eigenvalue weighted by Crippen LogP contribution is -2.35. The van der Waals surface area contributed by atoms with Gasteiger partial charge in [0, 0.05) is 24.8 Å². The Morgan fingerprint density at radius 2 is 1.94 bits per heavy atom. The average molecular weight is 248 g/mol. The predicted molar refractivity (Wildman–Crippen MR) is 76.5 cm³/mol. The molecule has 3 heteroatoms. The first-order valence-electron chi connectivity index (χ1n) is 6.90. The quantitative estimate of drug-likeness (QED) is 0.889. The second kappa shape index (κ2) is 6.10. The third-order valence-corrected chi connectivity index (χ3v) is 3.35. The molecule has 1 heterocycles. The van der Waals surface area contributed by atoms with Crippen LogP contribution in [0.25, 0.3) is 0 Å². The van der Waals surface area contributed by atoms with Gasteiger partial charge in [-0.25, -0.2) is 0 Å². The fraction of sp³-hybridized carbons (Fsp3) is 0.600. The predicted octanol–water partition coefficient (Wildman–Crippen LogP) is 2.52. The summed E-state index contributed by atoms with van der Waals surface area (Å²) in [5.74, 6) is 1.64. The van der Waals surface area contributed by atoms with Gasteiger partial charge in [-0.3, -0.25) is 0 Å². The molecule has 1 N–H and O–H groups in total. The Morgan fingerprint density at radius 1 is 1.22 bits per heavy atom. The van der Waals surface area contributed by atoms with Crippen LogP contribution in [0.2, 0.25) is 0 Å². The Hall–Kier alpha value is -1.22. The summed E-state index contributed by atoms with van der Waals surface area (Å²) in [6.07, 6.45) is 0. The first-order valence-corrected chi connectivity index (χ1v) is 6.90. The number of rotatable bonds is 3. The highest BCUT2D eigenvalue weighted by atomic mass is 16.5. The Bertz CT molecular complexity index is 351. The molecule has 0 amide bonds. The molecule has 1 aromatic rings. The molecule has 100 valence electrons. The van der Waals surface area contributed by atoms with Crippen molar-refractivity contribution >= 4 is 5.69 Å². The first-order chi connectivity index (χ1) is 8.69. The Morgan fingerprint density at radius 3 is 2.61 bits per heavy atom. The number of ether oxygens (including phenoxy) is 1. The molecule has 2 atom stereocenters. The minimum atomic E-state index is 0.543. The maximum atomic E-state index is 5.48. The third kappa shape index (κ3) is 3.39. The van der Waals surface area contributed by atoms with Crippen LogP contribution in [-0.2, 0) is 0 Å². The van der Waals surface area contributed by atoms with Crippen molar-refractivity contribution in [2.24, 2.45) is 5.92 Å². The molecular formula is C15H24N2O. The molecule has 0 saturated carbocycles. The molecule has 1 aliphatic heterocycles. The van der Waals surface area contributed by atoms with Crippen LogP contribution in [0.1, 0.15) is 20.8 Å². The molecule has 1 fully saturated rings. The SMILES string of the molecule is CCOc1ccc(N2CC(C)CNC(C)C2)cc1. The second-order valence-electron chi connectivity index (χ2n) is 5.25. The van der Waals surface area contributed by atoms with Gasteiger partial charge in [0.25, 0.3) is 0 Å². The summed E-state index contributed by atoms with van der Waals surface area (Å²) < 4.78 is 5.48. The highest BCUT2D eigenvalue weighted by molar-refractivity contribution is 5.49. The van der Waals surface area contributed by atoms with E-state index in [2.05, 4.69) is 48.3 Å². The van der Waals surface area contributed by atoms with E-state index < -0.39 is 0 Å². The molecule has 0 aliphatic carbocycles. The molecule has 1 aliphatic rings. The molecule has 0 spiro atoms. The van der Waals surface area contributed by atoms with Crippen molar-refractivity contribution < 1.29 is 4.74 Å². The van der Waals surface area contributed by atoms with Crippen molar-refractivity contribution in [1.29, 1.82) is 0 Å². The van der Waals surface area contributed by atoms with Gasteiger partial charge in [0.2, 0.25) is 0 Å². The number of hydrogen-bond acceptors (Lipinski definition) is 3. The van der Waals surface area contributed by atoms with Crippen LogP contribution in [0.5, 0.6) is 5.75 Å². The average Bonchev–Trinajstić information content (AvgIpc) is 2.53. The van der Waals surface area contributed by atoms with E-state index in [1.54, 1.807) is 0 Å². The molecule has 0 aromatic heterocycles. The van der Waals surface area contributed by atoms with E-state index in [9.17, 15) is 0 Å². The summed E-state index contributed by atoms with van der Waals surface area (Å²) in [4.78, 5) is 2.46. The van der Waals surface area contributed by atoms with Gasteiger partial charge in [0.05, 0.1) is 6.61 Å². The van der Waals surface area contributed by atoms with Crippen molar-refractivity contribution in [2.45, 2.75) is 26.8 Å². The lowest BCUT2D eigenvalue weighted by atomic mass is 10.1. The molecule has 1 saturated heterocycles. The highest BCUT2D eigenvalue weighted by Gasteiger charge is 2.18. The number of hydrogen-bond donors (Lipinski definition) is 1. The van der Waals surface area contributed by atoms with Crippen LogP contribution < -0.4 is 15.0 Å². The summed E-state index contributed by atoms with van der Waals surface area (Å²) in [6.45, 7) is 10.6. The molecule has 2 unspecified atom stereocenters. The smallest absolute Gasteiger partial charge is 0.119 e. The van der Waals surface area contributed by atoms with Crippen molar-refractivity contribution in [1.82, 2.24) is 5.32 Å². The van der Waals surface area contributed by atoms with Gasteiger partial charge in [0.1, 0.15) is 5.75 Å². The zero-order valence-electron chi connectivity index (χ0n) is 11.6. The van der Waals surface area contributed by atoms with E-state index in [1.165, 1.54) is 5.69 Å². The normalized spacial score (nSPS) is 24.7. The van der Waals surface area contributed by atoms with E-state index >= 15 is 0 Å². The van der Waals surface area contributed by atoms with Crippen molar-refractivity contribution in [3.05, 3.63) is 24.3 Å². The van der Waals surface area contributed by atoms with E-state index in [1.807, 2.05) is 6.92 Å². The van der Waals surface area contributed by atoms with Crippen molar-refractivity contribution in [3.8, 4) is 5.75 Å². The maximum absolute atomic E-state index is 5.48. The minimum Gasteiger partial charge on any atom is -0.494 e. The van der Waals surface area contributed by atoms with E-state index in [0.717, 1.165) is 32.0 Å². The standard InChI is InChI=1S/C15H24N2O/c1-4-18-15-7-5-14(6-8-15)17-10-12(2)9-16-13(3)11-17/h5-8,12-13,16H,4,9-11H2,1-3H3. The summed E-state index contributed by atoms with van der Waals surface area (Å²) in [6, 6.07) is 8.99. The largest absolute Gasteiger partial charge is 0.494 e. The monoisotopic (exact) mass is 248 g/mol. The number of nitrogens with zero attached hydrogens (tertiary/aromatic N) is 1. The van der Waals surface area contributed by atoms with Crippen LogP contribution in [0.3, 0.4) is 0 Å². The van der Waals surface area contributed by atoms with Crippen LogP contribution in [-0.4, -0.2) is 32.3 Å². The Balaban J connectivity index is 2.08. The van der Waals surface area contributed by atoms with Gasteiger partial charge in [0.15, 0.2) is 0 Å². The van der Waals surface area contributed by atoms with Crippen LogP contribution in [0, 0.1) is 5.92 Å². The topological polar surface area (TPSA) is 24.5 Å². The first kappa shape index (κ1) is 13.2. The maximum Gasteiger partial charge on any atom is 0.119 e. The fourth-order valence-electron chi connectivity index (χ4n) is 2.44. The fourth-order valence-corrected chi connectivity index (χ4v) is 2.44. The molecular weight excluding hydrogens is 224 g/mol. The molecule has 2 rings (SSSR count). The third-order valence-electron chi connectivity index (χ3n) is 3.35. The lowest BCUT2D eigenvalue weighted by molar-refractivity contribution is 0.340. The van der Waals surface area contributed by atoms with E-state index in [-0.39, 0.29) is 0 Å². The second-order valence-corrected chi connectivity index (χ2v) is 5.25. The van der Waals surface area contributed by atoms with Gasteiger partial charge in [-0.2, -0.15) is 0 Å². The summed E-state index contributed by atoms with van der Waals surface area (Å²) in [5, 5.41) is 3.56. The van der Waals surface area contributed by atoms with Crippen molar-refractivity contribution in [3.63, 3.8) is 0 Å². The molecule has 1 aromatic carbocycles. The zero-order valence-corrected chi connectivity index (χ0v) is 11.6. The number of anilines is 1. The van der Waals surface area contributed by atoms with Crippen LogP contribution in [0.4, 0.5) is 5.69 Å². The zero-order chi connectivity index (χ0) is 13.0. The van der Waals surface area contributed by atoms with Gasteiger partial charge < -0.3 is 15.0 Å². The molecule has 0 bridgehead atoms. The van der Waals surface area contributed by atoms with E-state index in [0.29, 0.717) is 12.0 Å². The summed E-state index contributed by atoms with van der Waals surface area (Å²) in [7, 11) is 0. The minimum absolute atomic E-state index is 0.543. The van der Waals surface area contributed by atoms with Gasteiger partial charge >= 0.3 is 0 Å². The van der Waals surface area contributed by atoms with Crippen LogP contribution in [0.15, 0.2) is 24.3 Å². The van der Waals surface area contributed by atoms with Gasteiger partial charge in [-0.15, -0.1) is 0 Å². The lowest BCUT2D eigenvalue weighted by Gasteiger charge is -2.26. The Kier molecular flexibility index (Phi) is 4.48. The highest BCUT2D eigenvalue weighted by Crippen LogP contribution is 2.21. The summed E-state index contributed by atoms with van der Waals surface area (Å²) in [5.41, 5.74) is 1.29.